The molecule has 1 saturated heterocycles. The molecule has 2 fully saturated rings. The van der Waals surface area contributed by atoms with Crippen LogP contribution in [-0.2, 0) is 9.53 Å². The maximum atomic E-state index is 12.4. The number of morpholine rings is 1. The Hall–Kier alpha value is -2.98. The third kappa shape index (κ3) is 4.77. The van der Waals surface area contributed by atoms with Crippen molar-refractivity contribution < 1.29 is 19.1 Å². The van der Waals surface area contributed by atoms with Crippen molar-refractivity contribution in [1.29, 1.82) is 0 Å². The normalized spacial score (nSPS) is 20.4. The predicted octanol–water partition coefficient (Wildman–Crippen LogP) is 1.65. The zero-order valence-corrected chi connectivity index (χ0v) is 17.3. The number of benzene rings is 1. The van der Waals surface area contributed by atoms with Crippen LogP contribution < -0.4 is 21.1 Å². The van der Waals surface area contributed by atoms with E-state index in [0.717, 1.165) is 24.6 Å². The number of nitrogens with zero attached hydrogens (tertiary/aromatic N) is 2. The number of amides is 3. The van der Waals surface area contributed by atoms with Crippen LogP contribution in [-0.4, -0.2) is 49.0 Å². The van der Waals surface area contributed by atoms with Crippen LogP contribution in [0.25, 0.3) is 0 Å². The highest BCUT2D eigenvalue weighted by molar-refractivity contribution is 7.13. The fourth-order valence-corrected chi connectivity index (χ4v) is 4.04. The molecule has 0 bridgehead atoms. The molecule has 1 aliphatic heterocycles. The summed E-state index contributed by atoms with van der Waals surface area (Å²) in [4.78, 5) is 43.2. The summed E-state index contributed by atoms with van der Waals surface area (Å²) < 4.78 is 5.32. The molecule has 158 valence electrons. The first-order valence-electron chi connectivity index (χ1n) is 9.81. The lowest BCUT2D eigenvalue weighted by atomic mass is 10.2. The number of carbonyl (C=O) groups is 3. The number of hydrogen-bond acceptors (Lipinski definition) is 7. The van der Waals surface area contributed by atoms with Crippen molar-refractivity contribution in [1.82, 2.24) is 15.8 Å². The van der Waals surface area contributed by atoms with Gasteiger partial charge in [0.05, 0.1) is 13.2 Å². The second-order valence-corrected chi connectivity index (χ2v) is 8.25. The van der Waals surface area contributed by atoms with Gasteiger partial charge in [0.1, 0.15) is 5.69 Å². The van der Waals surface area contributed by atoms with Gasteiger partial charge in [0, 0.05) is 35.6 Å². The minimum atomic E-state index is -0.494. The van der Waals surface area contributed by atoms with Crippen LogP contribution in [0.2, 0.25) is 0 Å². The van der Waals surface area contributed by atoms with E-state index in [0.29, 0.717) is 30.4 Å². The zero-order valence-electron chi connectivity index (χ0n) is 16.5. The maximum Gasteiger partial charge on any atom is 0.289 e. The van der Waals surface area contributed by atoms with Gasteiger partial charge in [-0.3, -0.25) is 25.2 Å². The Morgan fingerprint density at radius 1 is 1.17 bits per heavy atom. The molecule has 4 rings (SSSR count). The van der Waals surface area contributed by atoms with E-state index in [9.17, 15) is 14.4 Å². The summed E-state index contributed by atoms with van der Waals surface area (Å²) in [6.07, 6.45) is 0.891. The van der Waals surface area contributed by atoms with Crippen LogP contribution in [0, 0.1) is 11.8 Å². The fourth-order valence-electron chi connectivity index (χ4n) is 3.18. The highest BCUT2D eigenvalue weighted by Gasteiger charge is 2.39. The monoisotopic (exact) mass is 429 g/mol. The molecule has 2 heterocycles. The molecule has 3 amide bonds. The fraction of sp³-hybridized carbons (Fsp3) is 0.400. The van der Waals surface area contributed by atoms with Gasteiger partial charge in [0.25, 0.3) is 11.8 Å². The van der Waals surface area contributed by atoms with Crippen LogP contribution in [0.4, 0.5) is 10.8 Å². The van der Waals surface area contributed by atoms with Crippen molar-refractivity contribution in [3.8, 4) is 0 Å². The lowest BCUT2D eigenvalue weighted by molar-refractivity contribution is -0.117. The average Bonchev–Trinajstić information content (AvgIpc) is 3.30. The summed E-state index contributed by atoms with van der Waals surface area (Å²) in [7, 11) is 0. The highest BCUT2D eigenvalue weighted by atomic mass is 32.1. The second-order valence-electron chi connectivity index (χ2n) is 7.41. The molecule has 9 nitrogen and oxygen atoms in total. The summed E-state index contributed by atoms with van der Waals surface area (Å²) in [6.45, 7) is 4.77. The van der Waals surface area contributed by atoms with E-state index in [1.165, 1.54) is 11.3 Å². The minimum absolute atomic E-state index is 0.0343. The Morgan fingerprint density at radius 2 is 1.90 bits per heavy atom. The van der Waals surface area contributed by atoms with Gasteiger partial charge in [-0.15, -0.1) is 11.3 Å². The van der Waals surface area contributed by atoms with Crippen LogP contribution >= 0.6 is 11.3 Å². The number of rotatable bonds is 5. The highest BCUT2D eigenvalue weighted by Crippen LogP contribution is 2.38. The molecule has 1 aromatic heterocycles. The van der Waals surface area contributed by atoms with Gasteiger partial charge in [-0.1, -0.05) is 13.0 Å². The second kappa shape index (κ2) is 8.80. The summed E-state index contributed by atoms with van der Waals surface area (Å²) in [5.74, 6) is -0.564. The van der Waals surface area contributed by atoms with Crippen LogP contribution in [0.5, 0.6) is 0 Å². The number of ether oxygens (including phenoxy) is 1. The van der Waals surface area contributed by atoms with Gasteiger partial charge in [0.2, 0.25) is 5.91 Å². The number of thiazole rings is 1. The molecule has 1 saturated carbocycles. The summed E-state index contributed by atoms with van der Waals surface area (Å²) in [5, 5.41) is 5.23. The summed E-state index contributed by atoms with van der Waals surface area (Å²) in [5.41, 5.74) is 5.88. The third-order valence-corrected chi connectivity index (χ3v) is 6.04. The molecule has 1 aliphatic carbocycles. The van der Waals surface area contributed by atoms with Crippen molar-refractivity contribution in [3.05, 3.63) is 40.9 Å². The van der Waals surface area contributed by atoms with Crippen LogP contribution in [0.3, 0.4) is 0 Å². The largest absolute Gasteiger partial charge is 0.378 e. The number of nitrogens with one attached hydrogen (secondary N) is 3. The van der Waals surface area contributed by atoms with Gasteiger partial charge in [-0.25, -0.2) is 4.98 Å². The van der Waals surface area contributed by atoms with Gasteiger partial charge in [0.15, 0.2) is 5.13 Å². The molecule has 10 heteroatoms. The quantitative estimate of drug-likeness (QED) is 0.623. The van der Waals surface area contributed by atoms with E-state index in [2.05, 4.69) is 26.1 Å². The standard InChI is InChI=1S/C20H23N5O4S/c1-12-9-15(12)18(27)21-14-4-2-3-13(10-14)17(26)23-24-19(28)16-11-30-20(22-16)25-5-7-29-8-6-25/h2-4,10-12,15H,5-9H2,1H3,(H,21,27)(H,23,26)(H,24,28). The molecule has 3 N–H and O–H groups in total. The van der Waals surface area contributed by atoms with Crippen molar-refractivity contribution >= 4 is 39.9 Å². The zero-order chi connectivity index (χ0) is 21.1. The Balaban J connectivity index is 1.31. The van der Waals surface area contributed by atoms with Crippen LogP contribution in [0.1, 0.15) is 34.2 Å². The van der Waals surface area contributed by atoms with E-state index in [1.54, 1.807) is 29.6 Å². The predicted molar refractivity (Wildman–Crippen MR) is 112 cm³/mol. The third-order valence-electron chi connectivity index (χ3n) is 5.13. The first kappa shape index (κ1) is 20.3. The molecule has 0 radical (unpaired) electrons. The summed E-state index contributed by atoms with van der Waals surface area (Å²) in [6, 6.07) is 6.59. The van der Waals surface area contributed by atoms with Gasteiger partial charge in [-0.05, 0) is 30.5 Å². The molecule has 2 atom stereocenters. The molecule has 30 heavy (non-hydrogen) atoms. The number of hydrazine groups is 1. The molecule has 2 aliphatic rings. The topological polar surface area (TPSA) is 113 Å². The SMILES string of the molecule is CC1CC1C(=O)Nc1cccc(C(=O)NNC(=O)c2csc(N3CCOCC3)n2)c1. The van der Waals surface area contributed by atoms with E-state index in [-0.39, 0.29) is 17.5 Å². The molecule has 0 spiro atoms. The smallest absolute Gasteiger partial charge is 0.289 e. The number of hydrogen-bond donors (Lipinski definition) is 3. The van der Waals surface area contributed by atoms with E-state index < -0.39 is 11.8 Å². The van der Waals surface area contributed by atoms with Crippen molar-refractivity contribution in [2.24, 2.45) is 11.8 Å². The average molecular weight is 430 g/mol. The number of aromatic nitrogens is 1. The molecular weight excluding hydrogens is 406 g/mol. The van der Waals surface area contributed by atoms with Crippen molar-refractivity contribution in [2.75, 3.05) is 36.5 Å². The van der Waals surface area contributed by atoms with Gasteiger partial charge in [-0.2, -0.15) is 0 Å². The Labute approximate surface area is 177 Å². The lowest BCUT2D eigenvalue weighted by Crippen LogP contribution is -2.42. The Bertz CT molecular complexity index is 956. The maximum absolute atomic E-state index is 12.4. The first-order chi connectivity index (χ1) is 14.5. The molecule has 2 unspecified atom stereocenters. The summed E-state index contributed by atoms with van der Waals surface area (Å²) >= 11 is 1.38. The molecule has 1 aromatic carbocycles. The van der Waals surface area contributed by atoms with Gasteiger partial charge >= 0.3 is 0 Å². The number of anilines is 2. The molecule has 2 aromatic rings. The number of carbonyl (C=O) groups excluding carboxylic acids is 3. The van der Waals surface area contributed by atoms with Crippen molar-refractivity contribution in [3.63, 3.8) is 0 Å². The lowest BCUT2D eigenvalue weighted by Gasteiger charge is -2.25. The molecular formula is C20H23N5O4S. The first-order valence-corrected chi connectivity index (χ1v) is 10.7. The Kier molecular flexibility index (Phi) is 5.96. The van der Waals surface area contributed by atoms with E-state index >= 15 is 0 Å². The Morgan fingerprint density at radius 3 is 2.63 bits per heavy atom. The van der Waals surface area contributed by atoms with Crippen molar-refractivity contribution in [2.45, 2.75) is 13.3 Å². The van der Waals surface area contributed by atoms with Gasteiger partial charge < -0.3 is 15.0 Å². The van der Waals surface area contributed by atoms with E-state index in [1.807, 2.05) is 6.92 Å². The minimum Gasteiger partial charge on any atom is -0.378 e. The van der Waals surface area contributed by atoms with E-state index in [4.69, 9.17) is 4.74 Å². The van der Waals surface area contributed by atoms with Crippen LogP contribution in [0.15, 0.2) is 29.6 Å².